The monoisotopic (exact) mass is 220 g/mol. The molecule has 0 aromatic heterocycles. The zero-order chi connectivity index (χ0) is 12.1. The van der Waals surface area contributed by atoms with Gasteiger partial charge in [-0.05, 0) is 31.0 Å². The van der Waals surface area contributed by atoms with E-state index in [1.54, 1.807) is 19.9 Å². The van der Waals surface area contributed by atoms with Crippen LogP contribution in [-0.4, -0.2) is 5.91 Å². The lowest BCUT2D eigenvalue weighted by Gasteiger charge is -2.10. The van der Waals surface area contributed by atoms with Gasteiger partial charge in [-0.3, -0.25) is 4.79 Å². The van der Waals surface area contributed by atoms with Crippen LogP contribution in [0.1, 0.15) is 18.9 Å². The second-order valence-corrected chi connectivity index (χ2v) is 3.54. The van der Waals surface area contributed by atoms with Gasteiger partial charge in [-0.2, -0.15) is 5.26 Å². The summed E-state index contributed by atoms with van der Waals surface area (Å²) in [6, 6.07) is 6.05. The Balaban J connectivity index is 2.85. The number of benzene rings is 1. The quantitative estimate of drug-likeness (QED) is 0.851. The number of halogens is 1. The normalized spacial score (nSPS) is 11.6. The van der Waals surface area contributed by atoms with E-state index in [4.69, 9.17) is 5.26 Å². The van der Waals surface area contributed by atoms with Crippen molar-refractivity contribution in [2.75, 3.05) is 5.32 Å². The zero-order valence-corrected chi connectivity index (χ0v) is 9.25. The van der Waals surface area contributed by atoms with Crippen molar-refractivity contribution >= 4 is 11.6 Å². The van der Waals surface area contributed by atoms with Crippen molar-refractivity contribution < 1.29 is 9.18 Å². The average Bonchev–Trinajstić information content (AvgIpc) is 2.25. The lowest BCUT2D eigenvalue weighted by Crippen LogP contribution is -2.21. The van der Waals surface area contributed by atoms with Gasteiger partial charge in [0.1, 0.15) is 11.7 Å². The molecule has 0 saturated heterocycles. The smallest absolute Gasteiger partial charge is 0.241 e. The molecule has 1 atom stereocenters. The number of hydrogen-bond acceptors (Lipinski definition) is 2. The largest absolute Gasteiger partial charge is 0.325 e. The van der Waals surface area contributed by atoms with Gasteiger partial charge in [0.25, 0.3) is 0 Å². The average molecular weight is 220 g/mol. The fourth-order valence-electron chi connectivity index (χ4n) is 1.28. The van der Waals surface area contributed by atoms with Crippen LogP contribution < -0.4 is 5.32 Å². The van der Waals surface area contributed by atoms with Crippen LogP contribution in [0.5, 0.6) is 0 Å². The summed E-state index contributed by atoms with van der Waals surface area (Å²) in [6.45, 7) is 3.52. The molecule has 16 heavy (non-hydrogen) atoms. The first-order chi connectivity index (χ1) is 7.58. The molecule has 1 amide bonds. The summed E-state index contributed by atoms with van der Waals surface area (Å²) < 4.78 is 12.9. The third kappa shape index (κ3) is 2.80. The van der Waals surface area contributed by atoms with Crippen LogP contribution in [0.25, 0.3) is 0 Å². The van der Waals surface area contributed by atoms with Gasteiger partial charge in [0.2, 0.25) is 5.91 Å². The summed E-state index contributed by atoms with van der Waals surface area (Å²) in [5, 5.41) is 11.3. The highest BCUT2D eigenvalue weighted by Crippen LogP contribution is 2.17. The predicted molar refractivity (Wildman–Crippen MR) is 59.2 cm³/mol. The molecule has 1 aromatic rings. The standard InChI is InChI=1S/C12H13FN2O/c1-3-9(7-14)12(16)15-11-6-10(13)5-4-8(11)2/h4-6,9H,3H2,1-2H3,(H,15,16). The summed E-state index contributed by atoms with van der Waals surface area (Å²) in [6.07, 6.45) is 0.441. The number of nitrogens with one attached hydrogen (secondary N) is 1. The fourth-order valence-corrected chi connectivity index (χ4v) is 1.28. The Morgan fingerprint density at radius 1 is 1.62 bits per heavy atom. The predicted octanol–water partition coefficient (Wildman–Crippen LogP) is 2.62. The number of carbonyl (C=O) groups is 1. The maximum absolute atomic E-state index is 12.9. The second kappa shape index (κ2) is 5.26. The third-order valence-electron chi connectivity index (χ3n) is 2.34. The van der Waals surface area contributed by atoms with Gasteiger partial charge in [-0.25, -0.2) is 4.39 Å². The second-order valence-electron chi connectivity index (χ2n) is 3.54. The molecule has 1 unspecified atom stereocenters. The van der Waals surface area contributed by atoms with Crippen molar-refractivity contribution in [2.45, 2.75) is 20.3 Å². The van der Waals surface area contributed by atoms with E-state index in [-0.39, 0.29) is 0 Å². The van der Waals surface area contributed by atoms with Crippen LogP contribution in [0.15, 0.2) is 18.2 Å². The van der Waals surface area contributed by atoms with Crippen LogP contribution in [0.4, 0.5) is 10.1 Å². The highest BCUT2D eigenvalue weighted by Gasteiger charge is 2.16. The maximum Gasteiger partial charge on any atom is 0.241 e. The lowest BCUT2D eigenvalue weighted by molar-refractivity contribution is -0.118. The molecule has 0 saturated carbocycles. The molecular weight excluding hydrogens is 207 g/mol. The highest BCUT2D eigenvalue weighted by atomic mass is 19.1. The molecule has 0 bridgehead atoms. The molecule has 4 heteroatoms. The number of hydrogen-bond donors (Lipinski definition) is 1. The minimum Gasteiger partial charge on any atom is -0.325 e. The van der Waals surface area contributed by atoms with Crippen molar-refractivity contribution in [3.05, 3.63) is 29.6 Å². The van der Waals surface area contributed by atoms with E-state index in [0.29, 0.717) is 12.1 Å². The number of aryl methyl sites for hydroxylation is 1. The molecular formula is C12H13FN2O. The van der Waals surface area contributed by atoms with Gasteiger partial charge in [0.15, 0.2) is 0 Å². The van der Waals surface area contributed by atoms with E-state index in [2.05, 4.69) is 5.32 Å². The molecule has 0 radical (unpaired) electrons. The molecule has 0 fully saturated rings. The minimum atomic E-state index is -0.692. The first kappa shape index (κ1) is 12.2. The topological polar surface area (TPSA) is 52.9 Å². The van der Waals surface area contributed by atoms with Crippen molar-refractivity contribution in [3.8, 4) is 6.07 Å². The van der Waals surface area contributed by atoms with Crippen LogP contribution >= 0.6 is 0 Å². The molecule has 0 heterocycles. The number of amides is 1. The van der Waals surface area contributed by atoms with Gasteiger partial charge in [0.05, 0.1) is 6.07 Å². The Kier molecular flexibility index (Phi) is 4.01. The van der Waals surface area contributed by atoms with E-state index in [0.717, 1.165) is 5.56 Å². The van der Waals surface area contributed by atoms with Crippen molar-refractivity contribution in [3.63, 3.8) is 0 Å². The van der Waals surface area contributed by atoms with Crippen LogP contribution in [0, 0.1) is 30.0 Å². The van der Waals surface area contributed by atoms with Crippen LogP contribution in [0.3, 0.4) is 0 Å². The minimum absolute atomic E-state index is 0.390. The van der Waals surface area contributed by atoms with E-state index in [9.17, 15) is 9.18 Å². The van der Waals surface area contributed by atoms with E-state index >= 15 is 0 Å². The molecule has 1 N–H and O–H groups in total. The Bertz CT molecular complexity index is 437. The molecule has 0 aliphatic heterocycles. The Morgan fingerprint density at radius 2 is 2.31 bits per heavy atom. The summed E-state index contributed by atoms with van der Waals surface area (Å²) in [5.74, 6) is -1.49. The third-order valence-corrected chi connectivity index (χ3v) is 2.34. The van der Waals surface area contributed by atoms with E-state index in [1.165, 1.54) is 12.1 Å². The summed E-state index contributed by atoms with van der Waals surface area (Å²) in [5.41, 5.74) is 1.18. The van der Waals surface area contributed by atoms with E-state index < -0.39 is 17.6 Å². The van der Waals surface area contributed by atoms with Gasteiger partial charge >= 0.3 is 0 Å². The summed E-state index contributed by atoms with van der Waals surface area (Å²) in [7, 11) is 0. The Labute approximate surface area is 93.9 Å². The molecule has 1 rings (SSSR count). The van der Waals surface area contributed by atoms with E-state index in [1.807, 2.05) is 6.07 Å². The first-order valence-corrected chi connectivity index (χ1v) is 5.05. The SMILES string of the molecule is CCC(C#N)C(=O)Nc1cc(F)ccc1C. The number of nitrogens with zero attached hydrogens (tertiary/aromatic N) is 1. The van der Waals surface area contributed by atoms with Gasteiger partial charge < -0.3 is 5.32 Å². The molecule has 1 aromatic carbocycles. The summed E-state index contributed by atoms with van der Waals surface area (Å²) in [4.78, 5) is 11.6. The molecule has 0 spiro atoms. The maximum atomic E-state index is 12.9. The van der Waals surface area contributed by atoms with Crippen molar-refractivity contribution in [1.29, 1.82) is 5.26 Å². The highest BCUT2D eigenvalue weighted by molar-refractivity contribution is 5.94. The fraction of sp³-hybridized carbons (Fsp3) is 0.333. The van der Waals surface area contributed by atoms with Crippen LogP contribution in [-0.2, 0) is 4.79 Å². The van der Waals surface area contributed by atoms with Crippen LogP contribution in [0.2, 0.25) is 0 Å². The zero-order valence-electron chi connectivity index (χ0n) is 9.25. The molecule has 0 aliphatic rings. The number of carbonyl (C=O) groups excluding carboxylic acids is 1. The lowest BCUT2D eigenvalue weighted by atomic mass is 10.1. The van der Waals surface area contributed by atoms with Crippen molar-refractivity contribution in [2.24, 2.45) is 5.92 Å². The van der Waals surface area contributed by atoms with Gasteiger partial charge in [-0.15, -0.1) is 0 Å². The van der Waals surface area contributed by atoms with Gasteiger partial charge in [0, 0.05) is 5.69 Å². The molecule has 3 nitrogen and oxygen atoms in total. The Morgan fingerprint density at radius 3 is 2.88 bits per heavy atom. The first-order valence-electron chi connectivity index (χ1n) is 5.05. The van der Waals surface area contributed by atoms with Gasteiger partial charge in [-0.1, -0.05) is 13.0 Å². The number of rotatable bonds is 3. The summed E-state index contributed by atoms with van der Waals surface area (Å²) >= 11 is 0. The van der Waals surface area contributed by atoms with Crippen molar-refractivity contribution in [1.82, 2.24) is 0 Å². The molecule has 84 valence electrons. The number of anilines is 1. The number of nitriles is 1. The Hall–Kier alpha value is -1.89. The molecule has 0 aliphatic carbocycles.